The molecule has 2 rings (SSSR count). The highest BCUT2D eigenvalue weighted by Crippen LogP contribution is 2.23. The Kier molecular flexibility index (Phi) is 4.43. The smallest absolute Gasteiger partial charge is 0.263 e. The lowest BCUT2D eigenvalue weighted by atomic mass is 10.2. The molecule has 1 aromatic carbocycles. The SMILES string of the molecule is CC(Oc1ccc(Cl)cc1C=O)C(=O)N1CCCC1. The van der Waals surface area contributed by atoms with Crippen LogP contribution in [-0.2, 0) is 4.79 Å². The fraction of sp³-hybridized carbons (Fsp3) is 0.429. The molecule has 1 aliphatic rings. The molecule has 1 atom stereocenters. The minimum atomic E-state index is -0.599. The summed E-state index contributed by atoms with van der Waals surface area (Å²) < 4.78 is 5.58. The third-order valence-electron chi connectivity index (χ3n) is 3.17. The van der Waals surface area contributed by atoms with Gasteiger partial charge in [-0.05, 0) is 38.0 Å². The minimum Gasteiger partial charge on any atom is -0.480 e. The van der Waals surface area contributed by atoms with Crippen molar-refractivity contribution in [1.82, 2.24) is 4.90 Å². The van der Waals surface area contributed by atoms with Crippen LogP contribution in [0.5, 0.6) is 5.75 Å². The summed E-state index contributed by atoms with van der Waals surface area (Å²) in [5.41, 5.74) is 0.355. The van der Waals surface area contributed by atoms with Crippen LogP contribution in [0.3, 0.4) is 0 Å². The third-order valence-corrected chi connectivity index (χ3v) is 3.40. The van der Waals surface area contributed by atoms with Crippen LogP contribution in [0.2, 0.25) is 5.02 Å². The van der Waals surface area contributed by atoms with Crippen molar-refractivity contribution in [1.29, 1.82) is 0 Å². The Labute approximate surface area is 117 Å². The molecule has 0 radical (unpaired) electrons. The zero-order valence-corrected chi connectivity index (χ0v) is 11.5. The van der Waals surface area contributed by atoms with E-state index < -0.39 is 6.10 Å². The van der Waals surface area contributed by atoms with Gasteiger partial charge >= 0.3 is 0 Å². The summed E-state index contributed by atoms with van der Waals surface area (Å²) in [5, 5.41) is 0.466. The van der Waals surface area contributed by atoms with Crippen molar-refractivity contribution in [2.24, 2.45) is 0 Å². The van der Waals surface area contributed by atoms with Gasteiger partial charge in [0.2, 0.25) is 0 Å². The highest BCUT2D eigenvalue weighted by molar-refractivity contribution is 6.30. The van der Waals surface area contributed by atoms with Crippen molar-refractivity contribution in [3.8, 4) is 5.75 Å². The largest absolute Gasteiger partial charge is 0.480 e. The first-order chi connectivity index (χ1) is 9.11. The first-order valence-corrected chi connectivity index (χ1v) is 6.70. The van der Waals surface area contributed by atoms with Gasteiger partial charge in [-0.15, -0.1) is 0 Å². The van der Waals surface area contributed by atoms with E-state index in [-0.39, 0.29) is 5.91 Å². The lowest BCUT2D eigenvalue weighted by molar-refractivity contribution is -0.136. The molecule has 1 unspecified atom stereocenters. The second kappa shape index (κ2) is 6.06. The number of carbonyl (C=O) groups is 2. The van der Waals surface area contributed by atoms with Crippen LogP contribution >= 0.6 is 11.6 Å². The Morgan fingerprint density at radius 2 is 2.11 bits per heavy atom. The highest BCUT2D eigenvalue weighted by Gasteiger charge is 2.25. The number of likely N-dealkylation sites (tertiary alicyclic amines) is 1. The molecule has 0 bridgehead atoms. The fourth-order valence-electron chi connectivity index (χ4n) is 2.15. The van der Waals surface area contributed by atoms with Crippen molar-refractivity contribution < 1.29 is 14.3 Å². The molecular formula is C14H16ClNO3. The summed E-state index contributed by atoms with van der Waals surface area (Å²) in [6.45, 7) is 3.27. The second-order valence-corrected chi connectivity index (χ2v) is 5.03. The van der Waals surface area contributed by atoms with Crippen molar-refractivity contribution in [2.75, 3.05) is 13.1 Å². The quantitative estimate of drug-likeness (QED) is 0.797. The lowest BCUT2D eigenvalue weighted by Crippen LogP contribution is -2.38. The Balaban J connectivity index is 2.07. The van der Waals surface area contributed by atoms with Gasteiger partial charge in [-0.3, -0.25) is 9.59 Å². The standard InChI is InChI=1S/C14H16ClNO3/c1-10(14(18)16-6-2-3-7-16)19-13-5-4-12(15)8-11(13)9-17/h4-5,8-10H,2-3,6-7H2,1H3. The summed E-state index contributed by atoms with van der Waals surface area (Å²) in [6, 6.07) is 4.77. The summed E-state index contributed by atoms with van der Waals surface area (Å²) >= 11 is 5.81. The molecule has 1 aliphatic heterocycles. The third kappa shape index (κ3) is 3.26. The van der Waals surface area contributed by atoms with E-state index in [1.165, 1.54) is 6.07 Å². The number of amides is 1. The van der Waals surface area contributed by atoms with Crippen LogP contribution in [-0.4, -0.2) is 36.3 Å². The lowest BCUT2D eigenvalue weighted by Gasteiger charge is -2.21. The van der Waals surface area contributed by atoms with E-state index in [0.717, 1.165) is 25.9 Å². The van der Waals surface area contributed by atoms with Gasteiger partial charge in [0, 0.05) is 18.1 Å². The summed E-state index contributed by atoms with van der Waals surface area (Å²) in [6.07, 6.45) is 2.16. The Morgan fingerprint density at radius 3 is 2.74 bits per heavy atom. The molecule has 1 saturated heterocycles. The Hall–Kier alpha value is -1.55. The van der Waals surface area contributed by atoms with Gasteiger partial charge in [-0.2, -0.15) is 0 Å². The maximum atomic E-state index is 12.1. The predicted molar refractivity (Wildman–Crippen MR) is 72.7 cm³/mol. The van der Waals surface area contributed by atoms with E-state index in [4.69, 9.17) is 16.3 Å². The van der Waals surface area contributed by atoms with Gasteiger partial charge < -0.3 is 9.64 Å². The number of hydrogen-bond donors (Lipinski definition) is 0. The van der Waals surface area contributed by atoms with E-state index in [0.29, 0.717) is 22.6 Å². The van der Waals surface area contributed by atoms with Gasteiger partial charge in [0.1, 0.15) is 5.75 Å². The normalized spacial score (nSPS) is 16.2. The van der Waals surface area contributed by atoms with Crippen LogP contribution in [0, 0.1) is 0 Å². The molecule has 102 valence electrons. The Bertz CT molecular complexity index is 484. The van der Waals surface area contributed by atoms with Crippen LogP contribution in [0.15, 0.2) is 18.2 Å². The van der Waals surface area contributed by atoms with Crippen molar-refractivity contribution in [2.45, 2.75) is 25.9 Å². The molecule has 5 heteroatoms. The van der Waals surface area contributed by atoms with Crippen LogP contribution in [0.25, 0.3) is 0 Å². The molecule has 0 spiro atoms. The van der Waals surface area contributed by atoms with Crippen LogP contribution in [0.1, 0.15) is 30.1 Å². The number of ether oxygens (including phenoxy) is 1. The van der Waals surface area contributed by atoms with Crippen molar-refractivity contribution in [3.63, 3.8) is 0 Å². The van der Waals surface area contributed by atoms with Crippen molar-refractivity contribution in [3.05, 3.63) is 28.8 Å². The molecule has 1 fully saturated rings. The molecule has 0 aromatic heterocycles. The van der Waals surface area contributed by atoms with Crippen molar-refractivity contribution >= 4 is 23.8 Å². The molecule has 0 saturated carbocycles. The average Bonchev–Trinajstić information content (AvgIpc) is 2.93. The maximum absolute atomic E-state index is 12.1. The summed E-state index contributed by atoms with van der Waals surface area (Å²) in [4.78, 5) is 24.8. The van der Waals surface area contributed by atoms with E-state index in [9.17, 15) is 9.59 Å². The number of carbonyl (C=O) groups excluding carboxylic acids is 2. The maximum Gasteiger partial charge on any atom is 0.263 e. The Morgan fingerprint density at radius 1 is 1.42 bits per heavy atom. The first-order valence-electron chi connectivity index (χ1n) is 6.32. The van der Waals surface area contributed by atoms with E-state index in [1.54, 1.807) is 24.0 Å². The van der Waals surface area contributed by atoms with Crippen LogP contribution in [0.4, 0.5) is 0 Å². The zero-order valence-electron chi connectivity index (χ0n) is 10.8. The number of benzene rings is 1. The van der Waals surface area contributed by atoms with E-state index in [1.807, 2.05) is 0 Å². The molecule has 4 nitrogen and oxygen atoms in total. The van der Waals surface area contributed by atoms with Gasteiger partial charge in [0.15, 0.2) is 12.4 Å². The molecule has 1 aromatic rings. The predicted octanol–water partition coefficient (Wildman–Crippen LogP) is 2.54. The molecule has 19 heavy (non-hydrogen) atoms. The second-order valence-electron chi connectivity index (χ2n) is 4.59. The minimum absolute atomic E-state index is 0.0377. The zero-order chi connectivity index (χ0) is 13.8. The number of halogens is 1. The van der Waals surface area contributed by atoms with E-state index in [2.05, 4.69) is 0 Å². The molecule has 1 heterocycles. The van der Waals surface area contributed by atoms with Gasteiger partial charge in [0.25, 0.3) is 5.91 Å². The number of hydrogen-bond acceptors (Lipinski definition) is 3. The highest BCUT2D eigenvalue weighted by atomic mass is 35.5. The van der Waals surface area contributed by atoms with Gasteiger partial charge in [0.05, 0.1) is 5.56 Å². The fourth-order valence-corrected chi connectivity index (χ4v) is 2.33. The summed E-state index contributed by atoms with van der Waals surface area (Å²) in [5.74, 6) is 0.351. The van der Waals surface area contributed by atoms with Crippen LogP contribution < -0.4 is 4.74 Å². The number of aldehydes is 1. The molecule has 0 aliphatic carbocycles. The number of nitrogens with zero attached hydrogens (tertiary/aromatic N) is 1. The molecule has 1 amide bonds. The van der Waals surface area contributed by atoms with Gasteiger partial charge in [-0.25, -0.2) is 0 Å². The van der Waals surface area contributed by atoms with Gasteiger partial charge in [-0.1, -0.05) is 11.6 Å². The summed E-state index contributed by atoms with van der Waals surface area (Å²) in [7, 11) is 0. The topological polar surface area (TPSA) is 46.6 Å². The molecular weight excluding hydrogens is 266 g/mol. The monoisotopic (exact) mass is 281 g/mol. The number of rotatable bonds is 4. The van der Waals surface area contributed by atoms with E-state index >= 15 is 0 Å². The first kappa shape index (κ1) is 13.9. The molecule has 0 N–H and O–H groups in total. The average molecular weight is 282 g/mol.